The quantitative estimate of drug-likeness (QED) is 0.646. The normalized spacial score (nSPS) is 9.00. The number of hydrogen-bond donors (Lipinski definition) is 0. The van der Waals surface area contributed by atoms with Crippen molar-refractivity contribution in [2.75, 3.05) is 7.11 Å². The van der Waals surface area contributed by atoms with Gasteiger partial charge in [0, 0.05) is 6.07 Å². The van der Waals surface area contributed by atoms with E-state index in [0.717, 1.165) is 0 Å². The molecule has 0 unspecified atom stereocenters. The zero-order valence-corrected chi connectivity index (χ0v) is 6.87. The highest BCUT2D eigenvalue weighted by Gasteiger charge is 2.09. The number of ether oxygens (including phenoxy) is 1. The van der Waals surface area contributed by atoms with Gasteiger partial charge in [0.25, 0.3) is 0 Å². The fourth-order valence-corrected chi connectivity index (χ4v) is 0.904. The van der Waals surface area contributed by atoms with E-state index in [-0.39, 0.29) is 11.1 Å². The molecule has 0 aliphatic rings. The van der Waals surface area contributed by atoms with Crippen LogP contribution in [0.25, 0.3) is 0 Å². The van der Waals surface area contributed by atoms with Gasteiger partial charge in [-0.1, -0.05) is 0 Å². The van der Waals surface area contributed by atoms with Crippen molar-refractivity contribution in [1.82, 2.24) is 0 Å². The van der Waals surface area contributed by atoms with Crippen LogP contribution in [0.3, 0.4) is 0 Å². The Morgan fingerprint density at radius 1 is 1.62 bits per heavy atom. The lowest BCUT2D eigenvalue weighted by Crippen LogP contribution is -1.94. The molecule has 0 heterocycles. The molecule has 1 aromatic rings. The largest absolute Gasteiger partial charge is 0.497 e. The SMILES string of the molecule is COc1cc(C#N)c(F)c(C=O)c1. The van der Waals surface area contributed by atoms with Crippen LogP contribution in [-0.4, -0.2) is 13.4 Å². The Kier molecular flexibility index (Phi) is 2.60. The van der Waals surface area contributed by atoms with Crippen LogP contribution in [0.5, 0.6) is 5.75 Å². The lowest BCUT2D eigenvalue weighted by Gasteiger charge is -2.02. The molecule has 0 saturated heterocycles. The topological polar surface area (TPSA) is 50.1 Å². The second-order valence-electron chi connectivity index (χ2n) is 2.31. The zero-order valence-electron chi connectivity index (χ0n) is 6.87. The summed E-state index contributed by atoms with van der Waals surface area (Å²) in [5, 5.41) is 8.50. The number of halogens is 1. The van der Waals surface area contributed by atoms with E-state index >= 15 is 0 Å². The smallest absolute Gasteiger partial charge is 0.153 e. The monoisotopic (exact) mass is 179 g/mol. The second-order valence-corrected chi connectivity index (χ2v) is 2.31. The maximum atomic E-state index is 13.1. The van der Waals surface area contributed by atoms with Gasteiger partial charge in [-0.05, 0) is 6.07 Å². The van der Waals surface area contributed by atoms with Crippen molar-refractivity contribution in [1.29, 1.82) is 5.26 Å². The maximum absolute atomic E-state index is 13.1. The Labute approximate surface area is 74.4 Å². The van der Waals surface area contributed by atoms with E-state index in [0.29, 0.717) is 12.0 Å². The predicted octanol–water partition coefficient (Wildman–Crippen LogP) is 1.52. The molecule has 1 rings (SSSR count). The molecule has 0 atom stereocenters. The van der Waals surface area contributed by atoms with Gasteiger partial charge in [0.15, 0.2) is 12.1 Å². The van der Waals surface area contributed by atoms with E-state index < -0.39 is 5.82 Å². The van der Waals surface area contributed by atoms with E-state index in [2.05, 4.69) is 0 Å². The predicted molar refractivity (Wildman–Crippen MR) is 43.1 cm³/mol. The van der Waals surface area contributed by atoms with Gasteiger partial charge in [0.05, 0.1) is 18.2 Å². The lowest BCUT2D eigenvalue weighted by atomic mass is 10.1. The summed E-state index contributed by atoms with van der Waals surface area (Å²) in [7, 11) is 1.38. The molecule has 0 aliphatic heterocycles. The van der Waals surface area contributed by atoms with E-state index in [4.69, 9.17) is 10.00 Å². The number of methoxy groups -OCH3 is 1. The Hall–Kier alpha value is -1.89. The summed E-state index contributed by atoms with van der Waals surface area (Å²) in [5.74, 6) is -0.515. The molecule has 0 aliphatic carbocycles. The van der Waals surface area contributed by atoms with Crippen LogP contribution in [-0.2, 0) is 0 Å². The molecule has 0 aromatic heterocycles. The van der Waals surface area contributed by atoms with Crippen molar-refractivity contribution in [3.8, 4) is 11.8 Å². The van der Waals surface area contributed by atoms with Crippen molar-refractivity contribution in [2.24, 2.45) is 0 Å². The number of nitriles is 1. The minimum Gasteiger partial charge on any atom is -0.497 e. The van der Waals surface area contributed by atoms with Gasteiger partial charge < -0.3 is 4.74 Å². The number of hydrogen-bond acceptors (Lipinski definition) is 3. The van der Waals surface area contributed by atoms with Crippen molar-refractivity contribution >= 4 is 6.29 Å². The second kappa shape index (κ2) is 3.68. The van der Waals surface area contributed by atoms with Crippen LogP contribution in [0.15, 0.2) is 12.1 Å². The fraction of sp³-hybridized carbons (Fsp3) is 0.111. The number of benzene rings is 1. The molecular formula is C9H6FNO2. The average Bonchev–Trinajstić information content (AvgIpc) is 2.18. The summed E-state index contributed by atoms with van der Waals surface area (Å²) in [6, 6.07) is 4.11. The summed E-state index contributed by atoms with van der Waals surface area (Å²) in [6.45, 7) is 0. The minimum absolute atomic E-state index is 0.170. The number of carbonyl (C=O) groups excluding carboxylic acids is 1. The van der Waals surface area contributed by atoms with Gasteiger partial charge in [-0.2, -0.15) is 5.26 Å². The van der Waals surface area contributed by atoms with E-state index in [1.807, 2.05) is 0 Å². The van der Waals surface area contributed by atoms with Gasteiger partial charge in [-0.3, -0.25) is 4.79 Å². The number of aldehydes is 1. The first-order chi connectivity index (χ1) is 6.22. The maximum Gasteiger partial charge on any atom is 0.153 e. The molecule has 66 valence electrons. The first kappa shape index (κ1) is 9.20. The third-order valence-corrected chi connectivity index (χ3v) is 1.56. The zero-order chi connectivity index (χ0) is 9.84. The molecule has 0 saturated carbocycles. The third kappa shape index (κ3) is 1.64. The van der Waals surface area contributed by atoms with Crippen LogP contribution < -0.4 is 4.74 Å². The van der Waals surface area contributed by atoms with Gasteiger partial charge in [-0.25, -0.2) is 4.39 Å². The molecule has 3 nitrogen and oxygen atoms in total. The van der Waals surface area contributed by atoms with Crippen LogP contribution in [0.1, 0.15) is 15.9 Å². The Bertz CT molecular complexity index is 382. The fourth-order valence-electron chi connectivity index (χ4n) is 0.904. The molecule has 0 bridgehead atoms. The first-order valence-corrected chi connectivity index (χ1v) is 3.45. The molecule has 0 amide bonds. The van der Waals surface area contributed by atoms with Crippen molar-refractivity contribution in [3.05, 3.63) is 29.1 Å². The molecule has 0 fully saturated rings. The van der Waals surface area contributed by atoms with E-state index in [1.54, 1.807) is 6.07 Å². The molecule has 13 heavy (non-hydrogen) atoms. The summed E-state index contributed by atoms with van der Waals surface area (Å²) in [6.07, 6.45) is 0.346. The van der Waals surface area contributed by atoms with Gasteiger partial charge in [0.2, 0.25) is 0 Å². The standard InChI is InChI=1S/C9H6FNO2/c1-13-8-2-6(4-11)9(10)7(3-8)5-12/h2-3,5H,1H3. The number of nitrogens with zero attached hydrogens (tertiary/aromatic N) is 1. The molecular weight excluding hydrogens is 173 g/mol. The Balaban J connectivity index is 3.39. The Morgan fingerprint density at radius 3 is 2.77 bits per heavy atom. The summed E-state index contributed by atoms with van der Waals surface area (Å²) >= 11 is 0. The summed E-state index contributed by atoms with van der Waals surface area (Å²) in [5.41, 5.74) is -0.364. The average molecular weight is 179 g/mol. The van der Waals surface area contributed by atoms with E-state index in [1.165, 1.54) is 19.2 Å². The molecule has 0 spiro atoms. The van der Waals surface area contributed by atoms with E-state index in [9.17, 15) is 9.18 Å². The molecule has 1 aromatic carbocycles. The first-order valence-electron chi connectivity index (χ1n) is 3.45. The highest BCUT2D eigenvalue weighted by Crippen LogP contribution is 2.19. The molecule has 0 radical (unpaired) electrons. The summed E-state index contributed by atoms with van der Waals surface area (Å²) < 4.78 is 17.9. The lowest BCUT2D eigenvalue weighted by molar-refractivity contribution is 0.111. The van der Waals surface area contributed by atoms with Crippen molar-refractivity contribution < 1.29 is 13.9 Å². The van der Waals surface area contributed by atoms with Gasteiger partial charge in [0.1, 0.15) is 11.8 Å². The molecule has 4 heteroatoms. The van der Waals surface area contributed by atoms with Gasteiger partial charge in [-0.15, -0.1) is 0 Å². The highest BCUT2D eigenvalue weighted by molar-refractivity contribution is 5.77. The minimum atomic E-state index is -0.807. The third-order valence-electron chi connectivity index (χ3n) is 1.56. The number of rotatable bonds is 2. The summed E-state index contributed by atoms with van der Waals surface area (Å²) in [4.78, 5) is 10.4. The number of carbonyl (C=O) groups is 1. The van der Waals surface area contributed by atoms with Crippen LogP contribution in [0.2, 0.25) is 0 Å². The van der Waals surface area contributed by atoms with Crippen molar-refractivity contribution in [3.63, 3.8) is 0 Å². The van der Waals surface area contributed by atoms with Crippen LogP contribution in [0.4, 0.5) is 4.39 Å². The van der Waals surface area contributed by atoms with Gasteiger partial charge >= 0.3 is 0 Å². The van der Waals surface area contributed by atoms with Crippen molar-refractivity contribution in [2.45, 2.75) is 0 Å². The highest BCUT2D eigenvalue weighted by atomic mass is 19.1. The Morgan fingerprint density at radius 2 is 2.31 bits per heavy atom. The van der Waals surface area contributed by atoms with Crippen LogP contribution in [0, 0.1) is 17.1 Å². The molecule has 0 N–H and O–H groups in total. The van der Waals surface area contributed by atoms with Crippen LogP contribution >= 0.6 is 0 Å².